The van der Waals surface area contributed by atoms with E-state index in [4.69, 9.17) is 23.7 Å². The maximum atomic E-state index is 13.1. The third-order valence-electron chi connectivity index (χ3n) is 8.73. The maximum absolute atomic E-state index is 13.1. The number of hydrogen-bond donors (Lipinski definition) is 4. The predicted molar refractivity (Wildman–Crippen MR) is 190 cm³/mol. The van der Waals surface area contributed by atoms with Gasteiger partial charge in [-0.15, -0.1) is 0 Å². The van der Waals surface area contributed by atoms with E-state index in [-0.39, 0.29) is 44.7 Å². The normalized spacial score (nSPS) is 26.9. The summed E-state index contributed by atoms with van der Waals surface area (Å²) in [6.45, 7) is 20.6. The van der Waals surface area contributed by atoms with E-state index < -0.39 is 58.9 Å². The van der Waals surface area contributed by atoms with Crippen LogP contribution >= 0.6 is 0 Å². The van der Waals surface area contributed by atoms with Crippen molar-refractivity contribution in [1.82, 2.24) is 30.2 Å². The largest absolute Gasteiger partial charge is 0.477 e. The van der Waals surface area contributed by atoms with E-state index in [1.807, 2.05) is 42.4 Å². The lowest BCUT2D eigenvalue weighted by Gasteiger charge is -2.34. The van der Waals surface area contributed by atoms with Crippen LogP contribution in [0, 0.1) is 0 Å². The van der Waals surface area contributed by atoms with Gasteiger partial charge in [-0.2, -0.15) is 0 Å². The number of carboxylic acids is 1. The monoisotopic (exact) mass is 758 g/mol. The van der Waals surface area contributed by atoms with Crippen LogP contribution in [0.3, 0.4) is 0 Å². The minimum Gasteiger partial charge on any atom is -0.477 e. The highest BCUT2D eigenvalue weighted by Crippen LogP contribution is 2.45. The maximum Gasteiger partial charge on any atom is 0.367 e. The van der Waals surface area contributed by atoms with Crippen molar-refractivity contribution in [3.05, 3.63) is 0 Å². The molecule has 3 saturated heterocycles. The number of aliphatic hydroxyl groups excluding tert-OH is 1. The highest BCUT2D eigenvalue weighted by Gasteiger charge is 2.69. The molecule has 3 fully saturated rings. The van der Waals surface area contributed by atoms with E-state index >= 15 is 0 Å². The summed E-state index contributed by atoms with van der Waals surface area (Å²) in [5.74, 6) is -6.60. The number of hydrogen-bond acceptors (Lipinski definition) is 15. The second kappa shape index (κ2) is 18.6. The zero-order valence-corrected chi connectivity index (χ0v) is 32.9. The van der Waals surface area contributed by atoms with Crippen molar-refractivity contribution < 1.29 is 57.9 Å². The number of ether oxygens (including phenoxy) is 5. The Labute approximate surface area is 312 Å². The molecule has 0 saturated carbocycles. The summed E-state index contributed by atoms with van der Waals surface area (Å²) in [5, 5.41) is 25.6. The first-order chi connectivity index (χ1) is 24.5. The minimum absolute atomic E-state index is 0.00634. The molecule has 2 amide bonds. The average molecular weight is 759 g/mol. The number of esters is 2. The predicted octanol–water partition coefficient (Wildman–Crippen LogP) is -1.16. The van der Waals surface area contributed by atoms with Crippen LogP contribution in [0.1, 0.15) is 62.3 Å². The number of carbonyl (C=O) groups is 5. The van der Waals surface area contributed by atoms with Gasteiger partial charge in [-0.05, 0) is 61.9 Å². The zero-order valence-electron chi connectivity index (χ0n) is 32.9. The number of aliphatic carboxylic acids is 1. The summed E-state index contributed by atoms with van der Waals surface area (Å²) in [6.07, 6.45) is -3.80. The number of rotatable bonds is 12. The van der Waals surface area contributed by atoms with Crippen LogP contribution in [0.4, 0.5) is 0 Å². The van der Waals surface area contributed by atoms with Gasteiger partial charge in [0.25, 0.3) is 0 Å². The second-order valence-corrected chi connectivity index (χ2v) is 16.2. The molecule has 0 aromatic rings. The van der Waals surface area contributed by atoms with E-state index in [9.17, 15) is 34.2 Å². The van der Waals surface area contributed by atoms with Gasteiger partial charge < -0.3 is 49.4 Å². The Bertz CT molecular complexity index is 1290. The summed E-state index contributed by atoms with van der Waals surface area (Å²) >= 11 is 0. The molecule has 0 aliphatic carbocycles. The molecule has 0 bridgehead atoms. The Morgan fingerprint density at radius 3 is 1.58 bits per heavy atom. The van der Waals surface area contributed by atoms with Crippen molar-refractivity contribution in [2.24, 2.45) is 0 Å². The smallest absolute Gasteiger partial charge is 0.367 e. The van der Waals surface area contributed by atoms with Crippen molar-refractivity contribution in [1.29, 1.82) is 0 Å². The van der Waals surface area contributed by atoms with Crippen molar-refractivity contribution in [2.75, 3.05) is 91.6 Å². The molecule has 18 heteroatoms. The molecule has 3 aliphatic heterocycles. The van der Waals surface area contributed by atoms with Crippen LogP contribution < -0.4 is 10.6 Å². The van der Waals surface area contributed by atoms with Gasteiger partial charge in [0.1, 0.15) is 23.4 Å². The molecule has 4 N–H and O–H groups in total. The summed E-state index contributed by atoms with van der Waals surface area (Å²) in [6, 6.07) is 0. The van der Waals surface area contributed by atoms with Gasteiger partial charge in [-0.3, -0.25) is 33.9 Å². The van der Waals surface area contributed by atoms with Crippen molar-refractivity contribution in [2.45, 2.75) is 103 Å². The van der Waals surface area contributed by atoms with Crippen LogP contribution in [0.15, 0.2) is 0 Å². The molecule has 0 radical (unpaired) electrons. The second-order valence-electron chi connectivity index (χ2n) is 16.2. The van der Waals surface area contributed by atoms with E-state index in [0.717, 1.165) is 6.54 Å². The lowest BCUT2D eigenvalue weighted by molar-refractivity contribution is -0.262. The first kappa shape index (κ1) is 44.4. The molecule has 0 aromatic heterocycles. The average Bonchev–Trinajstić information content (AvgIpc) is 3.44. The zero-order chi connectivity index (χ0) is 39.8. The molecule has 53 heavy (non-hydrogen) atoms. The van der Waals surface area contributed by atoms with Crippen molar-refractivity contribution in [3.8, 4) is 0 Å². The fourth-order valence-electron chi connectivity index (χ4n) is 6.28. The molecule has 3 heterocycles. The molecule has 3 aliphatic rings. The van der Waals surface area contributed by atoms with Gasteiger partial charge in [0.15, 0.2) is 11.9 Å². The van der Waals surface area contributed by atoms with Crippen molar-refractivity contribution >= 4 is 29.7 Å². The van der Waals surface area contributed by atoms with E-state index in [2.05, 4.69) is 15.5 Å². The Hall–Kier alpha value is -2.97. The Morgan fingerprint density at radius 2 is 1.17 bits per heavy atom. The lowest BCUT2D eigenvalue weighted by atomic mass is 10.1. The molecular formula is C35H62N6O12. The Kier molecular flexibility index (Phi) is 15.6. The number of nitrogens with zero attached hydrogens (tertiary/aromatic N) is 4. The van der Waals surface area contributed by atoms with Gasteiger partial charge in [0.2, 0.25) is 11.8 Å². The first-order valence-electron chi connectivity index (χ1n) is 18.3. The number of amides is 2. The molecule has 4 atom stereocenters. The van der Waals surface area contributed by atoms with Crippen LogP contribution in [-0.4, -0.2) is 192 Å². The van der Waals surface area contributed by atoms with Gasteiger partial charge >= 0.3 is 23.7 Å². The minimum atomic E-state index is -2.20. The number of carbonyl (C=O) groups excluding carboxylic acids is 4. The van der Waals surface area contributed by atoms with Gasteiger partial charge in [0, 0.05) is 58.9 Å². The molecule has 0 aromatic carbocycles. The lowest BCUT2D eigenvalue weighted by Crippen LogP contribution is -2.50. The Morgan fingerprint density at radius 1 is 0.717 bits per heavy atom. The fourth-order valence-corrected chi connectivity index (χ4v) is 6.28. The number of fused-ring (bicyclic) bond motifs is 1. The number of aliphatic hydroxyl groups is 1. The highest BCUT2D eigenvalue weighted by molar-refractivity contribution is 5.85. The molecule has 1 unspecified atom stereocenters. The summed E-state index contributed by atoms with van der Waals surface area (Å²) < 4.78 is 27.8. The van der Waals surface area contributed by atoms with Crippen LogP contribution in [0.5, 0.6) is 0 Å². The summed E-state index contributed by atoms with van der Waals surface area (Å²) in [7, 11) is 0. The van der Waals surface area contributed by atoms with E-state index in [1.165, 1.54) is 13.8 Å². The van der Waals surface area contributed by atoms with Gasteiger partial charge in [0.05, 0.1) is 26.2 Å². The van der Waals surface area contributed by atoms with E-state index in [1.54, 1.807) is 20.8 Å². The van der Waals surface area contributed by atoms with Gasteiger partial charge in [-0.25, -0.2) is 4.79 Å². The SMILES string of the molecule is CCN1CCN(CC(=O)NCC(=O)NCC2O[C@@]3(C(=O)O)OC(C)(C)O[C@H]3[C@@H]2O)CCN(CC(=O)OC(C)(C)C)CCN(CC(=O)OC(C)(C)C)CC1. The molecule has 3 rings (SSSR count). The first-order valence-corrected chi connectivity index (χ1v) is 18.3. The number of nitrogens with one attached hydrogen (secondary N) is 2. The van der Waals surface area contributed by atoms with Gasteiger partial charge in [-0.1, -0.05) is 6.92 Å². The molecular weight excluding hydrogens is 696 g/mol. The third-order valence-corrected chi connectivity index (χ3v) is 8.73. The number of carboxylic acid groups (broad SMARTS) is 1. The summed E-state index contributed by atoms with van der Waals surface area (Å²) in [5.41, 5.74) is -1.26. The fraction of sp³-hybridized carbons (Fsp3) is 0.857. The molecule has 0 spiro atoms. The summed E-state index contributed by atoms with van der Waals surface area (Å²) in [4.78, 5) is 71.5. The highest BCUT2D eigenvalue weighted by atomic mass is 16.9. The third kappa shape index (κ3) is 14.3. The van der Waals surface area contributed by atoms with Crippen LogP contribution in [-0.2, 0) is 47.7 Å². The molecule has 18 nitrogen and oxygen atoms in total. The topological polar surface area (TPSA) is 209 Å². The van der Waals surface area contributed by atoms with Crippen LogP contribution in [0.2, 0.25) is 0 Å². The van der Waals surface area contributed by atoms with E-state index in [0.29, 0.717) is 52.4 Å². The number of likely N-dealkylation sites (N-methyl/N-ethyl adjacent to an activating group) is 1. The standard InChI is InChI=1S/C35H62N6O12/c1-10-38-11-13-39(15-16-41(23-28(45)51-33(5,6)7)18-17-40(14-12-38)22-27(44)50-32(2,3)4)21-26(43)37-20-25(42)36-19-24-29(46)30-35(49-24,31(47)48)53-34(8,9)52-30/h24,29-30,46H,10-23H2,1-9H3,(H,36,42)(H,37,43)(H,47,48)/t24?,29-,30+,35-/m1/s1. The van der Waals surface area contributed by atoms with Crippen molar-refractivity contribution in [3.63, 3.8) is 0 Å². The Balaban J connectivity index is 1.58. The van der Waals surface area contributed by atoms with Crippen LogP contribution in [0.25, 0.3) is 0 Å². The molecule has 304 valence electrons. The quantitative estimate of drug-likeness (QED) is 0.173.